The van der Waals surface area contributed by atoms with Gasteiger partial charge in [-0.1, -0.05) is 57.7 Å². The third-order valence-corrected chi connectivity index (χ3v) is 15.6. The average Bonchev–Trinajstić information content (AvgIpc) is 3.37. The van der Waals surface area contributed by atoms with Crippen molar-refractivity contribution in [2.75, 3.05) is 6.61 Å². The lowest BCUT2D eigenvalue weighted by molar-refractivity contribution is -0.350. The van der Waals surface area contributed by atoms with Gasteiger partial charge in [-0.2, -0.15) is 0 Å². The predicted octanol–water partition coefficient (Wildman–Crippen LogP) is 1.19. The van der Waals surface area contributed by atoms with Crippen LogP contribution in [0.1, 0.15) is 91.0 Å². The predicted molar refractivity (Wildman–Crippen MR) is 222 cm³/mol. The normalized spacial score (nSPS) is 42.6. The SMILES string of the molecule is C=C1C(O)C23CCC4C(C(=O)O)(C(=O)O)CC(OC5OC(CO)C(OC6OC(C)C(O)C(O)C6O)C(OC(=O)CCc6ccccc6)C5NC(=O)CC(C)C)CC4(C)C2CCC1(O)C3. The molecule has 1 aromatic rings. The molecule has 9 N–H and O–H groups in total. The summed E-state index contributed by atoms with van der Waals surface area (Å²) in [5.41, 5.74) is -4.62. The zero-order chi connectivity index (χ0) is 46.7. The minimum absolute atomic E-state index is 0.0209. The van der Waals surface area contributed by atoms with Crippen molar-refractivity contribution in [3.8, 4) is 0 Å². The maximum atomic E-state index is 13.9. The van der Waals surface area contributed by atoms with Crippen LogP contribution in [0.25, 0.3) is 0 Å². The van der Waals surface area contributed by atoms with E-state index < -0.39 is 144 Å². The van der Waals surface area contributed by atoms with Crippen LogP contribution in [-0.2, 0) is 49.3 Å². The molecular formula is C46H65NO17. The summed E-state index contributed by atoms with van der Waals surface area (Å²) in [6.45, 7) is 10.1. The molecule has 1 spiro atoms. The molecule has 64 heavy (non-hydrogen) atoms. The molecule has 17 unspecified atom stereocenters. The van der Waals surface area contributed by atoms with Crippen LogP contribution in [-0.4, -0.2) is 150 Å². The largest absolute Gasteiger partial charge is 0.480 e. The first kappa shape index (κ1) is 48.4. The number of ether oxygens (including phenoxy) is 5. The van der Waals surface area contributed by atoms with Gasteiger partial charge in [-0.15, -0.1) is 0 Å². The molecule has 2 heterocycles. The van der Waals surface area contributed by atoms with Crippen LogP contribution >= 0.6 is 0 Å². The van der Waals surface area contributed by atoms with Crippen LogP contribution in [0.5, 0.6) is 0 Å². The molecule has 4 aliphatic carbocycles. The van der Waals surface area contributed by atoms with E-state index in [0.717, 1.165) is 5.56 Å². The van der Waals surface area contributed by atoms with Crippen molar-refractivity contribution in [3.63, 3.8) is 0 Å². The first-order valence-electron chi connectivity index (χ1n) is 22.5. The summed E-state index contributed by atoms with van der Waals surface area (Å²) in [6.07, 6.45) is -15.5. The molecule has 2 saturated heterocycles. The summed E-state index contributed by atoms with van der Waals surface area (Å²) < 4.78 is 31.2. The van der Waals surface area contributed by atoms with Crippen molar-refractivity contribution in [3.05, 3.63) is 48.0 Å². The number of aliphatic hydroxyl groups is 6. The molecule has 1 aromatic carbocycles. The van der Waals surface area contributed by atoms with Gasteiger partial charge in [0, 0.05) is 24.7 Å². The van der Waals surface area contributed by atoms with E-state index >= 15 is 0 Å². The van der Waals surface area contributed by atoms with Gasteiger partial charge in [-0.25, -0.2) is 0 Å². The second kappa shape index (κ2) is 18.3. The molecule has 6 aliphatic rings. The van der Waals surface area contributed by atoms with Gasteiger partial charge in [0.1, 0.15) is 36.6 Å². The Morgan fingerprint density at radius 3 is 2.20 bits per heavy atom. The molecule has 18 heteroatoms. The maximum absolute atomic E-state index is 13.9. The quantitative estimate of drug-likeness (QED) is 0.0549. The lowest BCUT2D eigenvalue weighted by Crippen LogP contribution is -2.69. The number of aliphatic carboxylic acids is 2. The number of carboxylic acid groups (broad SMARTS) is 2. The molecule has 2 aliphatic heterocycles. The van der Waals surface area contributed by atoms with E-state index in [1.807, 2.05) is 37.3 Å². The van der Waals surface area contributed by atoms with Crippen LogP contribution < -0.4 is 5.32 Å². The van der Waals surface area contributed by atoms with Crippen LogP contribution in [0.4, 0.5) is 0 Å². The number of nitrogens with one attached hydrogen (secondary N) is 1. The van der Waals surface area contributed by atoms with Crippen LogP contribution in [0, 0.1) is 34.0 Å². The summed E-state index contributed by atoms with van der Waals surface area (Å²) in [7, 11) is 0. The molecule has 17 atom stereocenters. The van der Waals surface area contributed by atoms with Gasteiger partial charge in [0.25, 0.3) is 0 Å². The molecule has 0 aromatic heterocycles. The molecule has 0 radical (unpaired) electrons. The minimum atomic E-state index is -2.39. The highest BCUT2D eigenvalue weighted by Crippen LogP contribution is 2.73. The smallest absolute Gasteiger partial charge is 0.321 e. The molecule has 7 rings (SSSR count). The van der Waals surface area contributed by atoms with Crippen molar-refractivity contribution in [2.24, 2.45) is 34.0 Å². The first-order chi connectivity index (χ1) is 30.1. The Morgan fingerprint density at radius 1 is 0.891 bits per heavy atom. The van der Waals surface area contributed by atoms with E-state index in [0.29, 0.717) is 12.0 Å². The first-order valence-corrected chi connectivity index (χ1v) is 22.5. The average molecular weight is 904 g/mol. The van der Waals surface area contributed by atoms with E-state index in [1.165, 1.54) is 6.92 Å². The van der Waals surface area contributed by atoms with Gasteiger partial charge in [0.05, 0.1) is 30.5 Å². The van der Waals surface area contributed by atoms with Crippen LogP contribution in [0.3, 0.4) is 0 Å². The van der Waals surface area contributed by atoms with Crippen LogP contribution in [0.15, 0.2) is 42.5 Å². The molecule has 4 saturated carbocycles. The van der Waals surface area contributed by atoms with E-state index in [4.69, 9.17) is 23.7 Å². The number of carbonyl (C=O) groups excluding carboxylic acids is 2. The number of fused-ring (bicyclic) bond motifs is 3. The topological polar surface area (TPSA) is 288 Å². The van der Waals surface area contributed by atoms with Gasteiger partial charge < -0.3 is 69.9 Å². The van der Waals surface area contributed by atoms with Gasteiger partial charge in [0.15, 0.2) is 24.1 Å². The summed E-state index contributed by atoms with van der Waals surface area (Å²) in [4.78, 5) is 54.7. The molecule has 2 bridgehead atoms. The fourth-order valence-electron chi connectivity index (χ4n) is 12.6. The number of esters is 1. The number of aliphatic hydroxyl groups excluding tert-OH is 5. The third kappa shape index (κ3) is 8.41. The number of aryl methyl sites for hydroxylation is 1. The monoisotopic (exact) mass is 903 g/mol. The maximum Gasteiger partial charge on any atom is 0.321 e. The Balaban J connectivity index is 1.27. The molecule has 6 fully saturated rings. The van der Waals surface area contributed by atoms with E-state index in [-0.39, 0.29) is 57.3 Å². The number of carbonyl (C=O) groups is 4. The number of benzene rings is 1. The fourth-order valence-corrected chi connectivity index (χ4v) is 12.6. The number of carboxylic acids is 2. The van der Waals surface area contributed by atoms with Gasteiger partial charge in [-0.05, 0) is 86.2 Å². The third-order valence-electron chi connectivity index (χ3n) is 15.6. The second-order valence-corrected chi connectivity index (χ2v) is 19.9. The zero-order valence-electron chi connectivity index (χ0n) is 36.8. The fraction of sp³-hybridized carbons (Fsp3) is 0.739. The Hall–Kier alpha value is -3.56. The number of hydrogen-bond donors (Lipinski definition) is 9. The highest BCUT2D eigenvalue weighted by molar-refractivity contribution is 5.99. The molecule has 1 amide bonds. The Kier molecular flexibility index (Phi) is 13.8. The standard InChI is InChI=1S/C46H65NO17/c1-22(2)17-30(49)47-32-37(63-31(50)12-11-25-9-7-6-8-10-25)36(64-40-35(53)34(52)33(51)24(4)60-40)27(20-48)62-39(32)61-26-18-43(5)28-14-16-45(59)21-44(28,38(54)23(45)3)15-13-29(43)46(19-26,41(55)56)42(57)58/h6-10,22,24,26-29,32-40,48,51-54,59H,3,11-21H2,1-2,4-5H3,(H,47,49)(H,55,56)(H,57,58). The van der Waals surface area contributed by atoms with E-state index in [1.54, 1.807) is 13.8 Å². The van der Waals surface area contributed by atoms with Gasteiger partial charge >= 0.3 is 17.9 Å². The molecule has 356 valence electrons. The van der Waals surface area contributed by atoms with Crippen molar-refractivity contribution in [2.45, 2.75) is 171 Å². The summed E-state index contributed by atoms with van der Waals surface area (Å²) >= 11 is 0. The lowest BCUT2D eigenvalue weighted by Gasteiger charge is -2.64. The highest BCUT2D eigenvalue weighted by atomic mass is 16.7. The number of amides is 1. The summed E-state index contributed by atoms with van der Waals surface area (Å²) in [5.74, 6) is -6.00. The van der Waals surface area contributed by atoms with Crippen molar-refractivity contribution >= 4 is 23.8 Å². The van der Waals surface area contributed by atoms with Crippen molar-refractivity contribution < 1.29 is 83.7 Å². The van der Waals surface area contributed by atoms with Gasteiger partial charge in [0.2, 0.25) is 5.91 Å². The van der Waals surface area contributed by atoms with Gasteiger partial charge in [-0.3, -0.25) is 19.2 Å². The second-order valence-electron chi connectivity index (χ2n) is 19.9. The Morgan fingerprint density at radius 2 is 1.56 bits per heavy atom. The zero-order valence-corrected chi connectivity index (χ0v) is 36.8. The lowest BCUT2D eigenvalue weighted by atomic mass is 9.40. The molecule has 18 nitrogen and oxygen atoms in total. The van der Waals surface area contributed by atoms with Crippen molar-refractivity contribution in [1.82, 2.24) is 5.32 Å². The minimum Gasteiger partial charge on any atom is -0.480 e. The van der Waals surface area contributed by atoms with E-state index in [2.05, 4.69) is 11.9 Å². The highest BCUT2D eigenvalue weighted by Gasteiger charge is 2.74. The van der Waals surface area contributed by atoms with Crippen molar-refractivity contribution in [1.29, 1.82) is 0 Å². The molecular weight excluding hydrogens is 838 g/mol. The van der Waals surface area contributed by atoms with Crippen LogP contribution in [0.2, 0.25) is 0 Å². The summed E-state index contributed by atoms with van der Waals surface area (Å²) in [5, 5.41) is 91.0. The number of hydrogen-bond acceptors (Lipinski definition) is 15. The Labute approximate surface area is 371 Å². The van der Waals surface area contributed by atoms with E-state index in [9.17, 15) is 60.0 Å². The Bertz CT molecular complexity index is 1900. The number of rotatable bonds is 14. The summed E-state index contributed by atoms with van der Waals surface area (Å²) in [6, 6.07) is 7.63.